The van der Waals surface area contributed by atoms with E-state index in [-0.39, 0.29) is 5.56 Å². The molecule has 0 spiro atoms. The molecule has 0 unspecified atom stereocenters. The smallest absolute Gasteiger partial charge is 0.309 e. The summed E-state index contributed by atoms with van der Waals surface area (Å²) in [5.74, 6) is -2.28. The second kappa shape index (κ2) is 4.29. The molecule has 1 rings (SSSR count). The molecule has 0 saturated carbocycles. The van der Waals surface area contributed by atoms with Crippen LogP contribution in [0.3, 0.4) is 0 Å². The van der Waals surface area contributed by atoms with Crippen LogP contribution >= 0.6 is 0 Å². The second-order valence-corrected chi connectivity index (χ2v) is 2.99. The first-order chi connectivity index (χ1) is 6.91. The van der Waals surface area contributed by atoms with Gasteiger partial charge in [0.1, 0.15) is 0 Å². The van der Waals surface area contributed by atoms with Gasteiger partial charge in [-0.15, -0.1) is 0 Å². The Hall–Kier alpha value is -1.59. The fraction of sp³-hybridized carbons (Fsp3) is 0.333. The van der Waals surface area contributed by atoms with Crippen molar-refractivity contribution in [1.29, 1.82) is 0 Å². The Morgan fingerprint density at radius 3 is 2.67 bits per heavy atom. The quantitative estimate of drug-likeness (QED) is 0.792. The largest absolute Gasteiger partial charge is 0.481 e. The number of hydrogen-bond acceptors (Lipinski definition) is 2. The van der Waals surface area contributed by atoms with Gasteiger partial charge in [-0.25, -0.2) is 13.8 Å². The van der Waals surface area contributed by atoms with E-state index in [1.807, 2.05) is 0 Å². The van der Waals surface area contributed by atoms with Gasteiger partial charge in [-0.1, -0.05) is 0 Å². The molecule has 0 aromatic carbocycles. The maximum absolute atomic E-state index is 12.8. The van der Waals surface area contributed by atoms with Crippen LogP contribution in [0.2, 0.25) is 0 Å². The Kier molecular flexibility index (Phi) is 3.28. The number of hydrogen-bond donors (Lipinski definition) is 1. The van der Waals surface area contributed by atoms with E-state index < -0.39 is 36.0 Å². The van der Waals surface area contributed by atoms with E-state index in [0.717, 1.165) is 6.07 Å². The molecule has 1 heterocycles. The molecule has 6 heteroatoms. The molecule has 3 nitrogen and oxygen atoms in total. The maximum atomic E-state index is 12.8. The molecule has 1 aromatic rings. The van der Waals surface area contributed by atoms with Crippen molar-refractivity contribution < 1.29 is 23.1 Å². The minimum Gasteiger partial charge on any atom is -0.481 e. The third-order valence-corrected chi connectivity index (χ3v) is 1.85. The first-order valence-corrected chi connectivity index (χ1v) is 4.07. The number of pyridine rings is 1. The first-order valence-electron chi connectivity index (χ1n) is 4.07. The molecule has 1 N–H and O–H groups in total. The zero-order valence-corrected chi connectivity index (χ0v) is 7.80. The van der Waals surface area contributed by atoms with Crippen LogP contribution in [0.5, 0.6) is 0 Å². The molecule has 0 aliphatic rings. The van der Waals surface area contributed by atoms with Crippen molar-refractivity contribution in [3.05, 3.63) is 28.8 Å². The van der Waals surface area contributed by atoms with Crippen LogP contribution in [0.15, 0.2) is 6.07 Å². The molecule has 82 valence electrons. The minimum absolute atomic E-state index is 0.00810. The van der Waals surface area contributed by atoms with Gasteiger partial charge >= 0.3 is 5.97 Å². The van der Waals surface area contributed by atoms with Crippen molar-refractivity contribution >= 4 is 5.97 Å². The number of aryl methyl sites for hydroxylation is 1. The average molecular weight is 219 g/mol. The van der Waals surface area contributed by atoms with Gasteiger partial charge in [0.2, 0.25) is 5.95 Å². The summed E-state index contributed by atoms with van der Waals surface area (Å²) in [4.78, 5) is 13.5. The van der Waals surface area contributed by atoms with E-state index in [1.54, 1.807) is 0 Å². The van der Waals surface area contributed by atoms with Crippen molar-refractivity contribution in [2.45, 2.75) is 19.8 Å². The Morgan fingerprint density at radius 1 is 1.60 bits per heavy atom. The molecule has 0 saturated heterocycles. The number of alkyl halides is 2. The Balaban J connectivity index is 3.26. The molecule has 0 fully saturated rings. The van der Waals surface area contributed by atoms with Gasteiger partial charge in [0, 0.05) is 5.56 Å². The summed E-state index contributed by atoms with van der Waals surface area (Å²) in [7, 11) is 0. The molecule has 0 radical (unpaired) electrons. The van der Waals surface area contributed by atoms with Crippen molar-refractivity contribution in [3.63, 3.8) is 0 Å². The van der Waals surface area contributed by atoms with E-state index in [1.165, 1.54) is 6.92 Å². The lowest BCUT2D eigenvalue weighted by Gasteiger charge is -2.09. The van der Waals surface area contributed by atoms with Gasteiger partial charge in [0.25, 0.3) is 6.43 Å². The highest BCUT2D eigenvalue weighted by atomic mass is 19.3. The molecular weight excluding hydrogens is 211 g/mol. The monoisotopic (exact) mass is 219 g/mol. The molecule has 0 bridgehead atoms. The fourth-order valence-corrected chi connectivity index (χ4v) is 1.28. The standard InChI is InChI=1S/C9H8F3NO2/c1-4-2-6(10)13-5(3-7(14)15)8(4)9(11)12/h2,9H,3H2,1H3,(H,14,15). The SMILES string of the molecule is Cc1cc(F)nc(CC(=O)O)c1C(F)F. The lowest BCUT2D eigenvalue weighted by atomic mass is 10.1. The van der Waals surface area contributed by atoms with Gasteiger partial charge in [-0.05, 0) is 18.6 Å². The summed E-state index contributed by atoms with van der Waals surface area (Å²) in [5.41, 5.74) is -0.914. The average Bonchev–Trinajstić information content (AvgIpc) is 1.99. The minimum atomic E-state index is -2.85. The summed E-state index contributed by atoms with van der Waals surface area (Å²) < 4.78 is 37.8. The Bertz CT molecular complexity index is 393. The van der Waals surface area contributed by atoms with E-state index in [0.29, 0.717) is 0 Å². The zero-order valence-electron chi connectivity index (χ0n) is 7.80. The van der Waals surface area contributed by atoms with E-state index in [2.05, 4.69) is 4.98 Å². The number of carbonyl (C=O) groups is 1. The summed E-state index contributed by atoms with van der Waals surface area (Å²) in [6, 6.07) is 0.854. The summed E-state index contributed by atoms with van der Waals surface area (Å²) in [6.07, 6.45) is -3.56. The number of nitrogens with zero attached hydrogens (tertiary/aromatic N) is 1. The van der Waals surface area contributed by atoms with Gasteiger partial charge in [-0.2, -0.15) is 4.39 Å². The van der Waals surface area contributed by atoms with E-state index in [9.17, 15) is 18.0 Å². The highest BCUT2D eigenvalue weighted by Gasteiger charge is 2.20. The van der Waals surface area contributed by atoms with Crippen molar-refractivity contribution in [2.75, 3.05) is 0 Å². The van der Waals surface area contributed by atoms with Crippen LogP contribution in [0.1, 0.15) is 23.2 Å². The summed E-state index contributed by atoms with van der Waals surface area (Å²) >= 11 is 0. The van der Waals surface area contributed by atoms with Crippen LogP contribution in [-0.4, -0.2) is 16.1 Å². The molecule has 1 aromatic heterocycles. The predicted molar refractivity (Wildman–Crippen MR) is 45.2 cm³/mol. The van der Waals surface area contributed by atoms with Crippen LogP contribution < -0.4 is 0 Å². The first kappa shape index (κ1) is 11.5. The lowest BCUT2D eigenvalue weighted by molar-refractivity contribution is -0.136. The molecule has 0 amide bonds. The van der Waals surface area contributed by atoms with Gasteiger partial charge < -0.3 is 5.11 Å². The number of aliphatic carboxylic acids is 1. The highest BCUT2D eigenvalue weighted by molar-refractivity contribution is 5.70. The topological polar surface area (TPSA) is 50.2 Å². The number of carboxylic acids is 1. The number of aromatic nitrogens is 1. The second-order valence-electron chi connectivity index (χ2n) is 2.99. The van der Waals surface area contributed by atoms with Gasteiger partial charge in [0.15, 0.2) is 0 Å². The van der Waals surface area contributed by atoms with Crippen LogP contribution in [0.4, 0.5) is 13.2 Å². The molecule has 0 atom stereocenters. The summed E-state index contributed by atoms with van der Waals surface area (Å²) in [5, 5.41) is 8.45. The predicted octanol–water partition coefficient (Wildman–Crippen LogP) is 2.09. The van der Waals surface area contributed by atoms with E-state index >= 15 is 0 Å². The highest BCUT2D eigenvalue weighted by Crippen LogP contribution is 2.26. The third kappa shape index (κ3) is 2.68. The number of rotatable bonds is 3. The Morgan fingerprint density at radius 2 is 2.20 bits per heavy atom. The molecular formula is C9H8F3NO2. The number of halogens is 3. The third-order valence-electron chi connectivity index (χ3n) is 1.85. The normalized spacial score (nSPS) is 10.7. The molecule has 0 aliphatic carbocycles. The molecule has 0 aliphatic heterocycles. The van der Waals surface area contributed by atoms with Crippen LogP contribution in [0, 0.1) is 12.9 Å². The van der Waals surface area contributed by atoms with Gasteiger partial charge in [0.05, 0.1) is 12.1 Å². The summed E-state index contributed by atoms with van der Waals surface area (Å²) in [6.45, 7) is 1.29. The van der Waals surface area contributed by atoms with E-state index in [4.69, 9.17) is 5.11 Å². The number of carboxylic acid groups (broad SMARTS) is 1. The van der Waals surface area contributed by atoms with Crippen molar-refractivity contribution in [1.82, 2.24) is 4.98 Å². The fourth-order valence-electron chi connectivity index (χ4n) is 1.28. The van der Waals surface area contributed by atoms with Crippen LogP contribution in [-0.2, 0) is 11.2 Å². The maximum Gasteiger partial charge on any atom is 0.309 e. The van der Waals surface area contributed by atoms with Gasteiger partial charge in [-0.3, -0.25) is 4.79 Å². The van der Waals surface area contributed by atoms with Crippen molar-refractivity contribution in [2.24, 2.45) is 0 Å². The molecule has 15 heavy (non-hydrogen) atoms. The lowest BCUT2D eigenvalue weighted by Crippen LogP contribution is -2.09. The zero-order chi connectivity index (χ0) is 11.6. The van der Waals surface area contributed by atoms with Crippen molar-refractivity contribution in [3.8, 4) is 0 Å². The Labute approximate surface area is 83.6 Å². The van der Waals surface area contributed by atoms with Crippen LogP contribution in [0.25, 0.3) is 0 Å².